The van der Waals surface area contributed by atoms with Crippen LogP contribution in [0.25, 0.3) is 0 Å². The van der Waals surface area contributed by atoms with Crippen molar-refractivity contribution in [3.05, 3.63) is 29.8 Å². The number of aryl methyl sites for hydroxylation is 1. The fraction of sp³-hybridized carbons (Fsp3) is 0.417. The summed E-state index contributed by atoms with van der Waals surface area (Å²) in [6.45, 7) is 4.15. The van der Waals surface area contributed by atoms with E-state index in [-0.39, 0.29) is 23.7 Å². The highest BCUT2D eigenvalue weighted by atomic mass is 32.2. The molecule has 19 heavy (non-hydrogen) atoms. The van der Waals surface area contributed by atoms with Crippen LogP contribution in [0.15, 0.2) is 34.3 Å². The lowest BCUT2D eigenvalue weighted by atomic mass is 10.2. The molecule has 0 radical (unpaired) electrons. The van der Waals surface area contributed by atoms with Crippen molar-refractivity contribution in [1.29, 1.82) is 0 Å². The maximum atomic E-state index is 12.4. The second kappa shape index (κ2) is 6.53. The minimum atomic E-state index is -3.53. The van der Waals surface area contributed by atoms with Crippen molar-refractivity contribution in [1.82, 2.24) is 4.31 Å². The lowest BCUT2D eigenvalue weighted by molar-refractivity contribution is 0.315. The molecular formula is C12H19N3O3S. The topological polar surface area (TPSA) is 96.0 Å². The molecule has 1 aromatic rings. The van der Waals surface area contributed by atoms with E-state index in [9.17, 15) is 8.42 Å². The summed E-state index contributed by atoms with van der Waals surface area (Å²) in [4.78, 5) is 0.249. The molecule has 0 atom stereocenters. The van der Waals surface area contributed by atoms with Crippen LogP contribution in [0.4, 0.5) is 0 Å². The molecule has 0 aliphatic rings. The average Bonchev–Trinajstić information content (AvgIpc) is 2.39. The van der Waals surface area contributed by atoms with Crippen molar-refractivity contribution in [2.24, 2.45) is 10.9 Å². The van der Waals surface area contributed by atoms with Gasteiger partial charge in [0, 0.05) is 19.5 Å². The van der Waals surface area contributed by atoms with Crippen LogP contribution in [-0.4, -0.2) is 36.9 Å². The van der Waals surface area contributed by atoms with Gasteiger partial charge in [0.25, 0.3) is 0 Å². The maximum absolute atomic E-state index is 12.4. The molecule has 0 heterocycles. The number of oxime groups is 1. The Morgan fingerprint density at radius 1 is 1.37 bits per heavy atom. The van der Waals surface area contributed by atoms with E-state index < -0.39 is 10.0 Å². The Kier molecular flexibility index (Phi) is 5.31. The van der Waals surface area contributed by atoms with Crippen LogP contribution in [0.3, 0.4) is 0 Å². The van der Waals surface area contributed by atoms with Crippen molar-refractivity contribution in [2.75, 3.05) is 13.1 Å². The van der Waals surface area contributed by atoms with Gasteiger partial charge in [0.15, 0.2) is 0 Å². The predicted molar refractivity (Wildman–Crippen MR) is 73.6 cm³/mol. The lowest BCUT2D eigenvalue weighted by Gasteiger charge is -2.20. The Balaban J connectivity index is 2.92. The molecule has 1 rings (SSSR count). The summed E-state index contributed by atoms with van der Waals surface area (Å²) in [7, 11) is -3.53. The molecule has 0 bridgehead atoms. The van der Waals surface area contributed by atoms with Gasteiger partial charge in [-0.1, -0.05) is 29.8 Å². The van der Waals surface area contributed by atoms with E-state index in [1.807, 2.05) is 6.92 Å². The predicted octanol–water partition coefficient (Wildman–Crippen LogP) is 1.14. The van der Waals surface area contributed by atoms with Gasteiger partial charge in [-0.15, -0.1) is 0 Å². The Bertz CT molecular complexity index is 538. The maximum Gasteiger partial charge on any atom is 0.243 e. The molecule has 0 unspecified atom stereocenters. The lowest BCUT2D eigenvalue weighted by Crippen LogP contribution is -2.34. The van der Waals surface area contributed by atoms with Crippen molar-refractivity contribution < 1.29 is 13.6 Å². The first kappa shape index (κ1) is 15.5. The number of benzene rings is 1. The Labute approximate surface area is 113 Å². The summed E-state index contributed by atoms with van der Waals surface area (Å²) in [5, 5.41) is 11.3. The van der Waals surface area contributed by atoms with E-state index in [4.69, 9.17) is 10.9 Å². The number of hydrogen-bond donors (Lipinski definition) is 2. The molecule has 106 valence electrons. The zero-order valence-corrected chi connectivity index (χ0v) is 11.9. The first-order valence-corrected chi connectivity index (χ1v) is 7.39. The van der Waals surface area contributed by atoms with Gasteiger partial charge in [0.2, 0.25) is 10.0 Å². The summed E-state index contributed by atoms with van der Waals surface area (Å²) in [5.41, 5.74) is 6.36. The van der Waals surface area contributed by atoms with Crippen molar-refractivity contribution in [3.8, 4) is 0 Å². The van der Waals surface area contributed by atoms with Gasteiger partial charge < -0.3 is 10.9 Å². The third-order valence-electron chi connectivity index (χ3n) is 2.76. The van der Waals surface area contributed by atoms with Crippen LogP contribution in [0.5, 0.6) is 0 Å². The fourth-order valence-corrected chi connectivity index (χ4v) is 3.05. The van der Waals surface area contributed by atoms with Gasteiger partial charge in [0.05, 0.1) is 4.90 Å². The summed E-state index contributed by atoms with van der Waals surface area (Å²) in [6, 6.07) is 6.67. The Hall–Kier alpha value is -1.60. The molecule has 0 saturated heterocycles. The second-order valence-electron chi connectivity index (χ2n) is 4.15. The molecule has 3 N–H and O–H groups in total. The summed E-state index contributed by atoms with van der Waals surface area (Å²) >= 11 is 0. The number of nitrogens with two attached hydrogens (primary N) is 1. The van der Waals surface area contributed by atoms with E-state index in [0.29, 0.717) is 6.54 Å². The summed E-state index contributed by atoms with van der Waals surface area (Å²) < 4.78 is 26.0. The normalized spacial score (nSPS) is 12.9. The van der Waals surface area contributed by atoms with Crippen molar-refractivity contribution in [2.45, 2.75) is 25.2 Å². The molecule has 7 heteroatoms. The first-order chi connectivity index (χ1) is 8.91. The summed E-state index contributed by atoms with van der Waals surface area (Å²) in [5.74, 6) is 0.0116. The van der Waals surface area contributed by atoms with Gasteiger partial charge >= 0.3 is 0 Å². The molecular weight excluding hydrogens is 266 g/mol. The van der Waals surface area contributed by atoms with Crippen LogP contribution < -0.4 is 5.73 Å². The largest absolute Gasteiger partial charge is 0.409 e. The molecule has 6 nitrogen and oxygen atoms in total. The number of amidine groups is 1. The van der Waals surface area contributed by atoms with Crippen LogP contribution in [0, 0.1) is 6.92 Å². The third-order valence-corrected chi connectivity index (χ3v) is 4.75. The van der Waals surface area contributed by atoms with Gasteiger partial charge in [-0.2, -0.15) is 4.31 Å². The van der Waals surface area contributed by atoms with Gasteiger partial charge in [-0.05, 0) is 19.1 Å². The fourth-order valence-electron chi connectivity index (χ4n) is 1.60. The highest BCUT2D eigenvalue weighted by Gasteiger charge is 2.22. The van der Waals surface area contributed by atoms with E-state index in [1.165, 1.54) is 4.31 Å². The van der Waals surface area contributed by atoms with Gasteiger partial charge in [0.1, 0.15) is 5.84 Å². The van der Waals surface area contributed by atoms with Crippen molar-refractivity contribution in [3.63, 3.8) is 0 Å². The molecule has 0 spiro atoms. The van der Waals surface area contributed by atoms with Crippen LogP contribution in [0.1, 0.15) is 18.9 Å². The van der Waals surface area contributed by atoms with Crippen molar-refractivity contribution >= 4 is 15.9 Å². The van der Waals surface area contributed by atoms with Gasteiger partial charge in [-0.25, -0.2) is 8.42 Å². The number of nitrogens with zero attached hydrogens (tertiary/aromatic N) is 2. The molecule has 0 amide bonds. The van der Waals surface area contributed by atoms with Crippen LogP contribution >= 0.6 is 0 Å². The molecule has 0 aromatic heterocycles. The monoisotopic (exact) mass is 285 g/mol. The molecule has 0 aliphatic carbocycles. The second-order valence-corrected chi connectivity index (χ2v) is 6.09. The quantitative estimate of drug-likeness (QED) is 0.354. The smallest absolute Gasteiger partial charge is 0.243 e. The number of rotatable bonds is 6. The van der Waals surface area contributed by atoms with Crippen LogP contribution in [0.2, 0.25) is 0 Å². The van der Waals surface area contributed by atoms with E-state index >= 15 is 0 Å². The highest BCUT2D eigenvalue weighted by Crippen LogP contribution is 2.16. The molecule has 0 fully saturated rings. The highest BCUT2D eigenvalue weighted by molar-refractivity contribution is 7.89. The first-order valence-electron chi connectivity index (χ1n) is 5.95. The number of hydrogen-bond acceptors (Lipinski definition) is 4. The minimum Gasteiger partial charge on any atom is -0.409 e. The number of sulfonamides is 1. The van der Waals surface area contributed by atoms with E-state index in [2.05, 4.69) is 5.16 Å². The molecule has 1 aromatic carbocycles. The third kappa shape index (κ3) is 3.93. The zero-order chi connectivity index (χ0) is 14.5. The molecule has 0 saturated carbocycles. The Morgan fingerprint density at radius 3 is 2.42 bits per heavy atom. The zero-order valence-electron chi connectivity index (χ0n) is 11.1. The van der Waals surface area contributed by atoms with Gasteiger partial charge in [-0.3, -0.25) is 0 Å². The SMILES string of the molecule is CCN(CCC(N)=NO)S(=O)(=O)c1ccc(C)cc1. The van der Waals surface area contributed by atoms with E-state index in [1.54, 1.807) is 31.2 Å². The minimum absolute atomic E-state index is 0.0116. The standard InChI is InChI=1S/C12H19N3O3S/c1-3-15(9-8-12(13)14-16)19(17,18)11-6-4-10(2)5-7-11/h4-7,16H,3,8-9H2,1-2H3,(H2,13,14). The Morgan fingerprint density at radius 2 is 1.95 bits per heavy atom. The van der Waals surface area contributed by atoms with Crippen LogP contribution in [-0.2, 0) is 10.0 Å². The summed E-state index contributed by atoms with van der Waals surface area (Å²) in [6.07, 6.45) is 0.190. The average molecular weight is 285 g/mol. The molecule has 0 aliphatic heterocycles. The van der Waals surface area contributed by atoms with E-state index in [0.717, 1.165) is 5.56 Å².